The third kappa shape index (κ3) is 19.9. The van der Waals surface area contributed by atoms with Crippen molar-refractivity contribution in [1.29, 1.82) is 0 Å². The Bertz CT molecular complexity index is 394. The molecule has 0 saturated carbocycles. The van der Waals surface area contributed by atoms with Crippen LogP contribution in [0.3, 0.4) is 0 Å². The van der Waals surface area contributed by atoms with Gasteiger partial charge in [-0.1, -0.05) is 14.5 Å². The number of hydrogen-bond acceptors (Lipinski definition) is 0. The standard InChI is InChI=1S/3C5H6BrO2.Ru/c3*1-3(7)5(6)4(2)8;/h3*1-2H3;/q3*-1;+3/p+6. The van der Waals surface area contributed by atoms with Crippen molar-refractivity contribution in [1.82, 2.24) is 0 Å². The molecule has 6 nitrogen and oxygen atoms in total. The van der Waals surface area contributed by atoms with Gasteiger partial charge in [0.1, 0.15) is 0 Å². The third-order valence-electron chi connectivity index (χ3n) is 1.91. The number of hydrogen-bond donors (Lipinski definition) is 0. The fraction of sp³-hybridized carbons (Fsp3) is 0.400. The summed E-state index contributed by atoms with van der Waals surface area (Å²) in [5.74, 6) is 0.528. The number of carbonyl (C=O) groups excluding carboxylic acids is 6. The minimum atomic E-state index is 0. The van der Waals surface area contributed by atoms with Crippen LogP contribution < -0.4 is 0 Å². The smallest absolute Gasteiger partial charge is 0.315 e. The molecule has 0 heterocycles. The maximum atomic E-state index is 8.64. The molecule has 0 spiro atoms. The van der Waals surface area contributed by atoms with Crippen LogP contribution in [0.5, 0.6) is 0 Å². The van der Waals surface area contributed by atoms with Crippen molar-refractivity contribution in [3.63, 3.8) is 0 Å². The molecule has 1 radical (unpaired) electrons. The van der Waals surface area contributed by atoms with Gasteiger partial charge in [0.15, 0.2) is 34.7 Å². The predicted molar refractivity (Wildman–Crippen MR) is 112 cm³/mol. The minimum absolute atomic E-state index is 0. The van der Waals surface area contributed by atoms with Crippen LogP contribution in [0.2, 0.25) is 0 Å². The maximum absolute atomic E-state index is 8.64. The van der Waals surface area contributed by atoms with E-state index in [9.17, 15) is 0 Å². The summed E-state index contributed by atoms with van der Waals surface area (Å²) >= 11 is 8.85. The second-order valence-electron chi connectivity index (χ2n) is 4.45. The van der Waals surface area contributed by atoms with Crippen LogP contribution >= 0.6 is 47.8 Å². The summed E-state index contributed by atoms with van der Waals surface area (Å²) in [6.45, 7) is 8.94. The molecule has 0 aromatic heterocycles. The molecule has 10 heteroatoms. The zero-order chi connectivity index (χ0) is 20.2. The zero-order valence-corrected chi connectivity index (χ0v) is 21.2. The van der Waals surface area contributed by atoms with E-state index in [-0.39, 0.29) is 54.2 Å². The Balaban J connectivity index is -0.000000130. The zero-order valence-electron chi connectivity index (χ0n) is 14.7. The summed E-state index contributed by atoms with van der Waals surface area (Å²) in [7, 11) is 0. The molecule has 0 aromatic rings. The van der Waals surface area contributed by atoms with Crippen LogP contribution in [-0.2, 0) is 19.5 Å². The summed E-state index contributed by atoms with van der Waals surface area (Å²) in [6, 6.07) is 0. The molecule has 0 aromatic carbocycles. The first-order valence-corrected chi connectivity index (χ1v) is 8.79. The van der Waals surface area contributed by atoms with Crippen molar-refractivity contribution in [2.75, 3.05) is 0 Å². The van der Waals surface area contributed by atoms with E-state index in [0.717, 1.165) is 0 Å². The van der Waals surface area contributed by atoms with Gasteiger partial charge in [-0.25, -0.2) is 0 Å². The molecular weight excluding hydrogens is 617 g/mol. The van der Waals surface area contributed by atoms with Gasteiger partial charge in [-0.15, -0.1) is 0 Å². The van der Waals surface area contributed by atoms with Gasteiger partial charge in [-0.2, -0.15) is 0 Å². The second-order valence-corrected chi connectivity index (χ2v) is 6.83. The maximum Gasteiger partial charge on any atom is 3.00 e. The molecule has 0 aliphatic carbocycles. The van der Waals surface area contributed by atoms with Crippen LogP contribution in [0.1, 0.15) is 41.5 Å². The van der Waals surface area contributed by atoms with Gasteiger partial charge in [-0.3, -0.25) is 47.8 Å². The van der Waals surface area contributed by atoms with Crippen LogP contribution in [0, 0.1) is 14.5 Å². The monoisotopic (exact) mass is 639 g/mol. The SMILES string of the molecule is CC(=[OH+])[C-](Br)C(C)=[OH+].CC(=[OH+])[C-](Br)C(C)=[OH+].CC(=[OH+])[C-](Br)C(C)=[OH+].[Ru+3]. The average molecular weight is 641 g/mol. The van der Waals surface area contributed by atoms with Gasteiger partial charge >= 0.3 is 19.5 Å². The van der Waals surface area contributed by atoms with Crippen molar-refractivity contribution < 1.29 is 48.2 Å². The van der Waals surface area contributed by atoms with E-state index in [2.05, 4.69) is 47.8 Å². The Morgan fingerprint density at radius 2 is 0.520 bits per heavy atom. The van der Waals surface area contributed by atoms with E-state index in [0.29, 0.717) is 14.5 Å². The Labute approximate surface area is 185 Å². The molecule has 0 aliphatic heterocycles. The molecule has 143 valence electrons. The van der Waals surface area contributed by atoms with Crippen molar-refractivity contribution in [3.8, 4) is 0 Å². The van der Waals surface area contributed by atoms with Gasteiger partial charge < -0.3 is 28.8 Å². The van der Waals surface area contributed by atoms with Crippen molar-refractivity contribution in [2.45, 2.75) is 41.5 Å². The first-order valence-electron chi connectivity index (χ1n) is 6.41. The van der Waals surface area contributed by atoms with Crippen LogP contribution in [0.15, 0.2) is 0 Å². The molecule has 25 heavy (non-hydrogen) atoms. The Morgan fingerprint density at radius 3 is 0.520 bits per heavy atom. The number of halogens is 3. The molecule has 0 saturated heterocycles. The fourth-order valence-corrected chi connectivity index (χ4v) is 0.785. The van der Waals surface area contributed by atoms with E-state index in [1.54, 1.807) is 0 Å². The molecule has 0 unspecified atom stereocenters. The van der Waals surface area contributed by atoms with E-state index >= 15 is 0 Å². The summed E-state index contributed by atoms with van der Waals surface area (Å²) < 4.78 is 0. The molecule has 0 rings (SSSR count). The van der Waals surface area contributed by atoms with E-state index in [4.69, 9.17) is 28.8 Å². The quantitative estimate of drug-likeness (QED) is 0.183. The topological polar surface area (TPSA) is 128 Å². The number of rotatable bonds is 6. The fourth-order valence-electron chi connectivity index (χ4n) is 0.785. The predicted octanol–water partition coefficient (Wildman–Crippen LogP) is 3.13. The van der Waals surface area contributed by atoms with E-state index in [1.807, 2.05) is 0 Å². The minimum Gasteiger partial charge on any atom is -0.315 e. The van der Waals surface area contributed by atoms with Gasteiger partial charge in [0, 0.05) is 41.5 Å². The normalized spacial score (nSPS) is 8.04. The van der Waals surface area contributed by atoms with E-state index < -0.39 is 0 Å². The third-order valence-corrected chi connectivity index (χ3v) is 5.35. The van der Waals surface area contributed by atoms with Gasteiger partial charge in [0.25, 0.3) is 0 Å². The van der Waals surface area contributed by atoms with Crippen molar-refractivity contribution in [3.05, 3.63) is 14.5 Å². The summed E-state index contributed by atoms with van der Waals surface area (Å²) in [4.78, 5) is 52.9. The van der Waals surface area contributed by atoms with Gasteiger partial charge in [0.2, 0.25) is 0 Å². The summed E-state index contributed by atoms with van der Waals surface area (Å²) in [5.41, 5.74) is 0. The van der Waals surface area contributed by atoms with Crippen LogP contribution in [0.4, 0.5) is 0 Å². The second kappa shape index (κ2) is 17.1. The number of ketones is 6. The van der Waals surface area contributed by atoms with Gasteiger partial charge in [-0.05, 0) is 0 Å². The Hall–Kier alpha value is -0.307. The van der Waals surface area contributed by atoms with Crippen molar-refractivity contribution in [2.24, 2.45) is 0 Å². The average Bonchev–Trinajstić information content (AvgIpc) is 2.45. The van der Waals surface area contributed by atoms with Crippen LogP contribution in [0.25, 0.3) is 0 Å². The molecule has 6 N–H and O–H groups in total. The first kappa shape index (κ1) is 32.4. The Kier molecular flexibility index (Phi) is 22.2. The Morgan fingerprint density at radius 1 is 0.440 bits per heavy atom. The molecule has 0 amide bonds. The summed E-state index contributed by atoms with van der Waals surface area (Å²) in [5, 5.41) is 0. The molecular formula is C15H24Br3O6Ru+6. The summed E-state index contributed by atoms with van der Waals surface area (Å²) in [6.07, 6.45) is 0. The van der Waals surface area contributed by atoms with Crippen LogP contribution in [-0.4, -0.2) is 63.5 Å². The van der Waals surface area contributed by atoms with Crippen molar-refractivity contribution >= 4 is 82.5 Å². The molecule has 0 atom stereocenters. The molecule has 0 fully saturated rings. The molecule has 0 bridgehead atoms. The van der Waals surface area contributed by atoms with E-state index in [1.165, 1.54) is 41.5 Å². The molecule has 0 aliphatic rings. The first-order chi connectivity index (χ1) is 10.7. The van der Waals surface area contributed by atoms with Gasteiger partial charge in [0.05, 0.1) is 0 Å². The largest absolute Gasteiger partial charge is 3.00 e.